The van der Waals surface area contributed by atoms with Gasteiger partial charge in [-0.15, -0.1) is 5.10 Å². The second-order valence-electron chi connectivity index (χ2n) is 4.13. The first kappa shape index (κ1) is 12.3. The molecule has 0 atom stereocenters. The predicted molar refractivity (Wildman–Crippen MR) is 72.6 cm³/mol. The molecule has 1 aliphatic rings. The van der Waals surface area contributed by atoms with E-state index in [2.05, 4.69) is 16.1 Å². The van der Waals surface area contributed by atoms with Gasteiger partial charge >= 0.3 is 0 Å². The third kappa shape index (κ3) is 2.42. The van der Waals surface area contributed by atoms with E-state index in [0.29, 0.717) is 5.96 Å². The standard InChI is InChI=1S/C12H19N5O/c1-18-11-5-3-2-4-10(11)16-6-8-17(9-7-16)12(13)15-14/h2-5H,6-9,14H2,1H3,(H2,13,15). The van der Waals surface area contributed by atoms with Gasteiger partial charge in [-0.3, -0.25) is 0 Å². The number of methoxy groups -OCH3 is 1. The van der Waals surface area contributed by atoms with Crippen molar-refractivity contribution in [3.63, 3.8) is 0 Å². The van der Waals surface area contributed by atoms with Crippen LogP contribution in [0.25, 0.3) is 0 Å². The van der Waals surface area contributed by atoms with Gasteiger partial charge in [0.05, 0.1) is 12.8 Å². The zero-order valence-electron chi connectivity index (χ0n) is 10.5. The lowest BCUT2D eigenvalue weighted by Gasteiger charge is -2.36. The highest BCUT2D eigenvalue weighted by Gasteiger charge is 2.20. The Balaban J connectivity index is 2.05. The van der Waals surface area contributed by atoms with Crippen LogP contribution >= 0.6 is 0 Å². The molecule has 6 heteroatoms. The molecule has 0 radical (unpaired) electrons. The highest BCUT2D eigenvalue weighted by atomic mass is 16.5. The molecule has 2 rings (SSSR count). The van der Waals surface area contributed by atoms with Crippen LogP contribution in [-0.2, 0) is 0 Å². The Bertz CT molecular complexity index is 426. The first-order valence-electron chi connectivity index (χ1n) is 5.92. The summed E-state index contributed by atoms with van der Waals surface area (Å²) < 4.78 is 5.37. The molecule has 0 bridgehead atoms. The molecule has 0 aliphatic carbocycles. The van der Waals surface area contributed by atoms with E-state index in [9.17, 15) is 0 Å². The van der Waals surface area contributed by atoms with Crippen molar-refractivity contribution >= 4 is 11.6 Å². The monoisotopic (exact) mass is 249 g/mol. The fraction of sp³-hybridized carbons (Fsp3) is 0.417. The molecule has 4 N–H and O–H groups in total. The number of ether oxygens (including phenoxy) is 1. The molecule has 0 aromatic heterocycles. The Labute approximate surface area is 107 Å². The smallest absolute Gasteiger partial charge is 0.213 e. The zero-order valence-corrected chi connectivity index (χ0v) is 10.5. The van der Waals surface area contributed by atoms with Gasteiger partial charge < -0.3 is 26.1 Å². The molecule has 0 amide bonds. The number of anilines is 1. The van der Waals surface area contributed by atoms with Gasteiger partial charge in [0.2, 0.25) is 5.96 Å². The lowest BCUT2D eigenvalue weighted by molar-refractivity contribution is 0.374. The summed E-state index contributed by atoms with van der Waals surface area (Å²) in [5.74, 6) is 6.47. The number of hydrazone groups is 1. The van der Waals surface area contributed by atoms with Gasteiger partial charge in [0.15, 0.2) is 0 Å². The summed E-state index contributed by atoms with van der Waals surface area (Å²) >= 11 is 0. The lowest BCUT2D eigenvalue weighted by atomic mass is 10.2. The van der Waals surface area contributed by atoms with Crippen molar-refractivity contribution in [2.45, 2.75) is 0 Å². The molecule has 1 aromatic rings. The largest absolute Gasteiger partial charge is 0.495 e. The summed E-state index contributed by atoms with van der Waals surface area (Å²) in [5, 5.41) is 3.52. The summed E-state index contributed by atoms with van der Waals surface area (Å²) in [6.45, 7) is 3.36. The molecule has 1 fully saturated rings. The number of hydrogen-bond acceptors (Lipinski definition) is 4. The van der Waals surface area contributed by atoms with Gasteiger partial charge in [0.1, 0.15) is 5.75 Å². The van der Waals surface area contributed by atoms with Crippen molar-refractivity contribution in [2.75, 3.05) is 38.2 Å². The average molecular weight is 249 g/mol. The van der Waals surface area contributed by atoms with Gasteiger partial charge in [-0.05, 0) is 12.1 Å². The maximum absolute atomic E-state index is 5.70. The van der Waals surface area contributed by atoms with Crippen molar-refractivity contribution in [1.82, 2.24) is 4.90 Å². The average Bonchev–Trinajstić information content (AvgIpc) is 2.46. The Hall–Kier alpha value is -2.11. The molecule has 1 aliphatic heterocycles. The van der Waals surface area contributed by atoms with Crippen LogP contribution in [0.3, 0.4) is 0 Å². The first-order chi connectivity index (χ1) is 8.76. The van der Waals surface area contributed by atoms with Gasteiger partial charge in [-0.25, -0.2) is 0 Å². The molecule has 98 valence electrons. The van der Waals surface area contributed by atoms with Gasteiger partial charge in [-0.2, -0.15) is 0 Å². The number of piperazine rings is 1. The quantitative estimate of drug-likeness (QED) is 0.334. The highest BCUT2D eigenvalue weighted by Crippen LogP contribution is 2.28. The molecule has 1 saturated heterocycles. The van der Waals surface area contributed by atoms with Crippen LogP contribution in [0.1, 0.15) is 0 Å². The summed E-state index contributed by atoms with van der Waals surface area (Å²) in [6, 6.07) is 8.02. The number of rotatable bonds is 2. The Morgan fingerprint density at radius 1 is 1.22 bits per heavy atom. The van der Waals surface area contributed by atoms with Crippen LogP contribution in [0.4, 0.5) is 5.69 Å². The molecular formula is C12H19N5O. The molecule has 1 aromatic carbocycles. The van der Waals surface area contributed by atoms with Crippen LogP contribution in [0.15, 0.2) is 29.4 Å². The number of nitrogens with zero attached hydrogens (tertiary/aromatic N) is 3. The second kappa shape index (κ2) is 5.48. The van der Waals surface area contributed by atoms with Gasteiger partial charge in [-0.1, -0.05) is 12.1 Å². The Kier molecular flexibility index (Phi) is 3.76. The van der Waals surface area contributed by atoms with Crippen LogP contribution in [-0.4, -0.2) is 44.1 Å². The normalized spacial score (nSPS) is 16.8. The topological polar surface area (TPSA) is 80.1 Å². The molecule has 1 heterocycles. The van der Waals surface area contributed by atoms with Crippen molar-refractivity contribution in [2.24, 2.45) is 16.7 Å². The minimum Gasteiger partial charge on any atom is -0.495 e. The van der Waals surface area contributed by atoms with E-state index >= 15 is 0 Å². The summed E-state index contributed by atoms with van der Waals surface area (Å²) in [7, 11) is 1.69. The van der Waals surface area contributed by atoms with Crippen LogP contribution in [0, 0.1) is 0 Å². The SMILES string of the molecule is COc1ccccc1N1CCN(C(N)=NN)CC1. The predicted octanol–water partition coefficient (Wildman–Crippen LogP) is 0.00560. The Morgan fingerprint density at radius 2 is 1.89 bits per heavy atom. The molecule has 0 saturated carbocycles. The first-order valence-corrected chi connectivity index (χ1v) is 5.92. The Morgan fingerprint density at radius 3 is 2.50 bits per heavy atom. The van der Waals surface area contributed by atoms with Crippen LogP contribution < -0.4 is 21.2 Å². The van der Waals surface area contributed by atoms with Crippen molar-refractivity contribution in [3.05, 3.63) is 24.3 Å². The zero-order chi connectivity index (χ0) is 13.0. The number of nitrogens with two attached hydrogens (primary N) is 2. The van der Waals surface area contributed by atoms with E-state index in [-0.39, 0.29) is 0 Å². The summed E-state index contributed by atoms with van der Waals surface area (Å²) in [6.07, 6.45) is 0. The van der Waals surface area contributed by atoms with Gasteiger partial charge in [0, 0.05) is 26.2 Å². The number of benzene rings is 1. The van der Waals surface area contributed by atoms with E-state index in [4.69, 9.17) is 16.3 Å². The second-order valence-corrected chi connectivity index (χ2v) is 4.13. The van der Waals surface area contributed by atoms with Crippen LogP contribution in [0.2, 0.25) is 0 Å². The minimum absolute atomic E-state index is 0.398. The minimum atomic E-state index is 0.398. The molecular weight excluding hydrogens is 230 g/mol. The van der Waals surface area contributed by atoms with E-state index in [1.807, 2.05) is 23.1 Å². The van der Waals surface area contributed by atoms with E-state index < -0.39 is 0 Å². The maximum Gasteiger partial charge on any atom is 0.213 e. The van der Waals surface area contributed by atoms with Crippen molar-refractivity contribution < 1.29 is 4.74 Å². The maximum atomic E-state index is 5.70. The van der Waals surface area contributed by atoms with Crippen molar-refractivity contribution in [1.29, 1.82) is 0 Å². The van der Waals surface area contributed by atoms with E-state index in [1.54, 1.807) is 7.11 Å². The summed E-state index contributed by atoms with van der Waals surface area (Å²) in [5.41, 5.74) is 6.81. The number of para-hydroxylation sites is 2. The fourth-order valence-corrected chi connectivity index (χ4v) is 2.15. The van der Waals surface area contributed by atoms with E-state index in [1.165, 1.54) is 0 Å². The van der Waals surface area contributed by atoms with Crippen LogP contribution in [0.5, 0.6) is 5.75 Å². The highest BCUT2D eigenvalue weighted by molar-refractivity contribution is 5.78. The van der Waals surface area contributed by atoms with E-state index in [0.717, 1.165) is 37.6 Å². The third-order valence-electron chi connectivity index (χ3n) is 3.16. The molecule has 0 unspecified atom stereocenters. The fourth-order valence-electron chi connectivity index (χ4n) is 2.15. The van der Waals surface area contributed by atoms with Gasteiger partial charge in [0.25, 0.3) is 0 Å². The molecule has 0 spiro atoms. The molecule has 18 heavy (non-hydrogen) atoms. The summed E-state index contributed by atoms with van der Waals surface area (Å²) in [4.78, 5) is 4.26. The van der Waals surface area contributed by atoms with Crippen molar-refractivity contribution in [3.8, 4) is 5.75 Å². The number of hydrogen-bond donors (Lipinski definition) is 2. The molecule has 6 nitrogen and oxygen atoms in total. The number of guanidine groups is 1. The lowest BCUT2D eigenvalue weighted by Crippen LogP contribution is -2.51. The third-order valence-corrected chi connectivity index (χ3v) is 3.16.